The number of nitrogens with one attached hydrogen (secondary N) is 3. The van der Waals surface area contributed by atoms with Crippen LogP contribution in [0.2, 0.25) is 0 Å². The summed E-state index contributed by atoms with van der Waals surface area (Å²) in [6, 6.07) is 10.4. The lowest BCUT2D eigenvalue weighted by molar-refractivity contribution is -0.114. The second-order valence-corrected chi connectivity index (χ2v) is 5.87. The van der Waals surface area contributed by atoms with Gasteiger partial charge in [0.25, 0.3) is 5.91 Å². The van der Waals surface area contributed by atoms with Gasteiger partial charge in [0.2, 0.25) is 5.91 Å². The molecule has 0 bridgehead atoms. The van der Waals surface area contributed by atoms with Crippen LogP contribution >= 0.6 is 0 Å². The highest BCUT2D eigenvalue weighted by molar-refractivity contribution is 6.03. The van der Waals surface area contributed by atoms with Crippen molar-refractivity contribution in [3.63, 3.8) is 0 Å². The van der Waals surface area contributed by atoms with Gasteiger partial charge in [0.15, 0.2) is 0 Å². The maximum absolute atomic E-state index is 12.2. The zero-order chi connectivity index (χ0) is 18.2. The fourth-order valence-corrected chi connectivity index (χ4v) is 2.09. The number of pyridine rings is 1. The topological polar surface area (TPSA) is 86.4 Å². The molecule has 0 radical (unpaired) electrons. The summed E-state index contributed by atoms with van der Waals surface area (Å²) in [4.78, 5) is 29.5. The number of aromatic nitrogens is 1. The van der Waals surface area contributed by atoms with E-state index >= 15 is 0 Å². The van der Waals surface area contributed by atoms with Gasteiger partial charge in [0.05, 0.1) is 11.9 Å². The molecule has 3 N–H and O–H groups in total. The number of anilines is 3. The molecule has 0 aliphatic heterocycles. The molecule has 0 aliphatic rings. The summed E-state index contributed by atoms with van der Waals surface area (Å²) in [6.45, 7) is 3.16. The van der Waals surface area contributed by atoms with Gasteiger partial charge < -0.3 is 20.9 Å². The van der Waals surface area contributed by atoms with Gasteiger partial charge in [-0.15, -0.1) is 0 Å². The Kier molecular flexibility index (Phi) is 6.47. The summed E-state index contributed by atoms with van der Waals surface area (Å²) < 4.78 is 0. The number of likely N-dealkylation sites (N-methyl/N-ethyl adjacent to an activating group) is 1. The molecule has 0 aliphatic carbocycles. The maximum Gasteiger partial charge on any atom is 0.274 e. The lowest BCUT2D eigenvalue weighted by atomic mass is 10.2. The van der Waals surface area contributed by atoms with Crippen LogP contribution in [0.4, 0.5) is 17.1 Å². The number of amides is 2. The molecule has 0 unspecified atom stereocenters. The molecule has 0 saturated heterocycles. The van der Waals surface area contributed by atoms with Crippen molar-refractivity contribution in [2.24, 2.45) is 0 Å². The number of carbonyl (C=O) groups is 2. The van der Waals surface area contributed by atoms with Crippen LogP contribution in [0.5, 0.6) is 0 Å². The second-order valence-electron chi connectivity index (χ2n) is 5.87. The largest absolute Gasteiger partial charge is 0.383 e. The monoisotopic (exact) mass is 341 g/mol. The number of hydrogen-bond donors (Lipinski definition) is 3. The molecule has 7 nitrogen and oxygen atoms in total. The number of benzene rings is 1. The van der Waals surface area contributed by atoms with Gasteiger partial charge in [0, 0.05) is 31.4 Å². The van der Waals surface area contributed by atoms with Crippen LogP contribution in [0, 0.1) is 0 Å². The molecule has 7 heteroatoms. The number of nitrogens with zero attached hydrogens (tertiary/aromatic N) is 2. The van der Waals surface area contributed by atoms with E-state index in [0.717, 1.165) is 18.8 Å². The number of rotatable bonds is 7. The van der Waals surface area contributed by atoms with Crippen LogP contribution in [0.25, 0.3) is 0 Å². The van der Waals surface area contributed by atoms with Crippen LogP contribution < -0.4 is 16.0 Å². The maximum atomic E-state index is 12.2. The van der Waals surface area contributed by atoms with Gasteiger partial charge in [-0.1, -0.05) is 0 Å². The van der Waals surface area contributed by atoms with E-state index in [1.807, 2.05) is 20.2 Å². The first-order valence-electron chi connectivity index (χ1n) is 7.97. The first kappa shape index (κ1) is 18.4. The van der Waals surface area contributed by atoms with Crippen molar-refractivity contribution in [3.8, 4) is 0 Å². The first-order valence-corrected chi connectivity index (χ1v) is 7.97. The van der Waals surface area contributed by atoms with Gasteiger partial charge in [0.1, 0.15) is 5.69 Å². The fraction of sp³-hybridized carbons (Fsp3) is 0.278. The highest BCUT2D eigenvalue weighted by Crippen LogP contribution is 2.14. The van der Waals surface area contributed by atoms with E-state index < -0.39 is 0 Å². The molecule has 132 valence electrons. The van der Waals surface area contributed by atoms with Gasteiger partial charge in [-0.05, 0) is 50.5 Å². The summed E-state index contributed by atoms with van der Waals surface area (Å²) in [5.41, 5.74) is 2.52. The predicted molar refractivity (Wildman–Crippen MR) is 100.0 cm³/mol. The summed E-state index contributed by atoms with van der Waals surface area (Å²) >= 11 is 0. The average Bonchev–Trinajstić information content (AvgIpc) is 2.56. The summed E-state index contributed by atoms with van der Waals surface area (Å²) in [6.07, 6.45) is 1.64. The molecule has 0 fully saturated rings. The number of carbonyl (C=O) groups excluding carboxylic acids is 2. The quantitative estimate of drug-likeness (QED) is 0.719. The number of hydrogen-bond acceptors (Lipinski definition) is 5. The van der Waals surface area contributed by atoms with Crippen LogP contribution in [0.1, 0.15) is 17.4 Å². The molecule has 1 aromatic carbocycles. The van der Waals surface area contributed by atoms with Crippen molar-refractivity contribution in [2.45, 2.75) is 6.92 Å². The van der Waals surface area contributed by atoms with Crippen molar-refractivity contribution in [1.29, 1.82) is 0 Å². The van der Waals surface area contributed by atoms with Gasteiger partial charge >= 0.3 is 0 Å². The Morgan fingerprint density at radius 2 is 1.56 bits per heavy atom. The molecule has 2 amide bonds. The summed E-state index contributed by atoms with van der Waals surface area (Å²) in [7, 11) is 4.02. The Hall–Kier alpha value is -2.93. The molecule has 2 rings (SSSR count). The van der Waals surface area contributed by atoms with Gasteiger partial charge in [-0.2, -0.15) is 0 Å². The van der Waals surface area contributed by atoms with Crippen molar-refractivity contribution < 1.29 is 9.59 Å². The molecular formula is C18H23N5O2. The average molecular weight is 341 g/mol. The predicted octanol–water partition coefficient (Wildman–Crippen LogP) is 2.27. The smallest absolute Gasteiger partial charge is 0.274 e. The standard InChI is InChI=1S/C18H23N5O2/c1-13(24)21-14-4-6-15(7-5-14)22-18(25)17-9-8-16(12-20-17)19-10-11-23(2)3/h4-9,12,19H,10-11H2,1-3H3,(H,21,24)(H,22,25). The van der Waals surface area contributed by atoms with E-state index in [2.05, 4.69) is 25.8 Å². The molecular weight excluding hydrogens is 318 g/mol. The zero-order valence-electron chi connectivity index (χ0n) is 14.7. The summed E-state index contributed by atoms with van der Waals surface area (Å²) in [5, 5.41) is 8.69. The van der Waals surface area contributed by atoms with Crippen molar-refractivity contribution in [3.05, 3.63) is 48.3 Å². The minimum atomic E-state index is -0.285. The van der Waals surface area contributed by atoms with Crippen molar-refractivity contribution in [2.75, 3.05) is 43.1 Å². The molecule has 0 atom stereocenters. The molecule has 2 aromatic rings. The summed E-state index contributed by atoms with van der Waals surface area (Å²) in [5.74, 6) is -0.424. The lowest BCUT2D eigenvalue weighted by Crippen LogP contribution is -2.21. The Labute approximate surface area is 147 Å². The third-order valence-corrected chi connectivity index (χ3v) is 3.35. The van der Waals surface area contributed by atoms with E-state index in [0.29, 0.717) is 17.1 Å². The normalized spacial score (nSPS) is 10.4. The minimum Gasteiger partial charge on any atom is -0.383 e. The molecule has 0 spiro atoms. The van der Waals surface area contributed by atoms with Gasteiger partial charge in [-0.25, -0.2) is 4.98 Å². The third kappa shape index (κ3) is 6.23. The van der Waals surface area contributed by atoms with E-state index in [-0.39, 0.29) is 11.8 Å². The van der Waals surface area contributed by atoms with Crippen molar-refractivity contribution in [1.82, 2.24) is 9.88 Å². The highest BCUT2D eigenvalue weighted by atomic mass is 16.2. The molecule has 0 saturated carbocycles. The second kappa shape index (κ2) is 8.79. The fourth-order valence-electron chi connectivity index (χ4n) is 2.09. The Morgan fingerprint density at radius 1 is 0.960 bits per heavy atom. The molecule has 1 heterocycles. The van der Waals surface area contributed by atoms with Crippen molar-refractivity contribution >= 4 is 28.9 Å². The van der Waals surface area contributed by atoms with E-state index in [1.54, 1.807) is 36.5 Å². The Bertz CT molecular complexity index is 711. The van der Waals surface area contributed by atoms with E-state index in [4.69, 9.17) is 0 Å². The van der Waals surface area contributed by atoms with Gasteiger partial charge in [-0.3, -0.25) is 9.59 Å². The minimum absolute atomic E-state index is 0.139. The molecule has 1 aromatic heterocycles. The van der Waals surface area contributed by atoms with Crippen LogP contribution in [-0.4, -0.2) is 48.9 Å². The Balaban J connectivity index is 1.90. The molecule has 25 heavy (non-hydrogen) atoms. The van der Waals surface area contributed by atoms with E-state index in [1.165, 1.54) is 6.92 Å². The first-order chi connectivity index (χ1) is 11.9. The highest BCUT2D eigenvalue weighted by Gasteiger charge is 2.08. The third-order valence-electron chi connectivity index (χ3n) is 3.35. The van der Waals surface area contributed by atoms with E-state index in [9.17, 15) is 9.59 Å². The lowest BCUT2D eigenvalue weighted by Gasteiger charge is -2.11. The SMILES string of the molecule is CC(=O)Nc1ccc(NC(=O)c2ccc(NCCN(C)C)cn2)cc1. The van der Waals surface area contributed by atoms with Crippen LogP contribution in [0.3, 0.4) is 0 Å². The zero-order valence-corrected chi connectivity index (χ0v) is 14.7. The van der Waals surface area contributed by atoms with Crippen LogP contribution in [-0.2, 0) is 4.79 Å². The van der Waals surface area contributed by atoms with Crippen LogP contribution in [0.15, 0.2) is 42.6 Å². The Morgan fingerprint density at radius 3 is 2.08 bits per heavy atom.